The zero-order valence-electron chi connectivity index (χ0n) is 18.8. The van der Waals surface area contributed by atoms with Crippen molar-refractivity contribution in [2.45, 2.75) is 32.9 Å². The fourth-order valence-corrected chi connectivity index (χ4v) is 4.57. The monoisotopic (exact) mass is 459 g/mol. The van der Waals surface area contributed by atoms with Crippen LogP contribution < -0.4 is 15.0 Å². The van der Waals surface area contributed by atoms with Crippen molar-refractivity contribution in [2.75, 3.05) is 30.9 Å². The number of anilines is 1. The smallest absolute Gasteiger partial charge is 0.247 e. The highest BCUT2D eigenvalue weighted by atomic mass is 32.2. The minimum Gasteiger partial charge on any atom is -0.494 e. The first kappa shape index (κ1) is 23.7. The van der Waals surface area contributed by atoms with E-state index in [1.54, 1.807) is 31.2 Å². The number of rotatable bonds is 7. The van der Waals surface area contributed by atoms with E-state index in [9.17, 15) is 18.0 Å². The van der Waals surface area contributed by atoms with Gasteiger partial charge in [0.15, 0.2) is 0 Å². The van der Waals surface area contributed by atoms with Crippen molar-refractivity contribution in [1.82, 2.24) is 9.62 Å². The van der Waals surface area contributed by atoms with Crippen molar-refractivity contribution in [3.8, 4) is 5.75 Å². The second kappa shape index (κ2) is 9.30. The van der Waals surface area contributed by atoms with Gasteiger partial charge in [-0.3, -0.25) is 14.5 Å². The molecule has 0 saturated carbocycles. The van der Waals surface area contributed by atoms with Gasteiger partial charge in [0.1, 0.15) is 11.3 Å². The molecule has 2 amide bonds. The molecule has 32 heavy (non-hydrogen) atoms. The van der Waals surface area contributed by atoms with Crippen molar-refractivity contribution in [1.29, 1.82) is 0 Å². The van der Waals surface area contributed by atoms with Crippen molar-refractivity contribution in [3.63, 3.8) is 0 Å². The van der Waals surface area contributed by atoms with Crippen LogP contribution in [0.25, 0.3) is 0 Å². The normalized spacial score (nSPS) is 19.6. The molecule has 0 radical (unpaired) electrons. The number of carbonyl (C=O) groups excluding carboxylic acids is 2. The first-order chi connectivity index (χ1) is 15.0. The minimum absolute atomic E-state index is 0.148. The van der Waals surface area contributed by atoms with E-state index in [4.69, 9.17) is 4.74 Å². The topological polar surface area (TPSA) is 96.0 Å². The lowest BCUT2D eigenvalue weighted by molar-refractivity contribution is -0.133. The number of ether oxygens (including phenoxy) is 1. The molecule has 0 bridgehead atoms. The summed E-state index contributed by atoms with van der Waals surface area (Å²) in [5, 5.41) is 2.87. The molecule has 3 rings (SSSR count). The number of nitrogens with one attached hydrogen (secondary N) is 1. The molecule has 172 valence electrons. The van der Waals surface area contributed by atoms with Crippen LogP contribution in [-0.4, -0.2) is 56.0 Å². The van der Waals surface area contributed by atoms with Crippen molar-refractivity contribution in [3.05, 3.63) is 59.7 Å². The van der Waals surface area contributed by atoms with Crippen molar-refractivity contribution in [2.24, 2.45) is 0 Å². The van der Waals surface area contributed by atoms with Gasteiger partial charge in [0.25, 0.3) is 0 Å². The van der Waals surface area contributed by atoms with E-state index < -0.39 is 27.4 Å². The van der Waals surface area contributed by atoms with E-state index in [0.717, 1.165) is 21.7 Å². The standard InChI is InChI=1S/C23H29N3O5S/c1-5-31-20-12-10-19(11-13-20)26-21(27)15-25(32(4,29)30)16-23(26,3)22(28)24-14-18-8-6-17(2)7-9-18/h6-13H,5,14-16H2,1-4H3,(H,24,28)/t23-/m0/s1. The van der Waals surface area contributed by atoms with Crippen LogP contribution >= 0.6 is 0 Å². The van der Waals surface area contributed by atoms with Crippen molar-refractivity contribution < 1.29 is 22.7 Å². The van der Waals surface area contributed by atoms with Crippen LogP contribution in [-0.2, 0) is 26.2 Å². The quantitative estimate of drug-likeness (QED) is 0.684. The molecule has 9 heteroatoms. The highest BCUT2D eigenvalue weighted by Crippen LogP contribution is 2.31. The molecule has 8 nitrogen and oxygen atoms in total. The number of nitrogens with zero attached hydrogens (tertiary/aromatic N) is 2. The molecule has 0 spiro atoms. The Morgan fingerprint density at radius 3 is 2.31 bits per heavy atom. The molecule has 1 N–H and O–H groups in total. The van der Waals surface area contributed by atoms with Gasteiger partial charge >= 0.3 is 0 Å². The minimum atomic E-state index is -3.67. The molecule has 1 atom stereocenters. The Morgan fingerprint density at radius 2 is 1.75 bits per heavy atom. The van der Waals surface area contributed by atoms with Gasteiger partial charge in [0.05, 0.1) is 19.4 Å². The summed E-state index contributed by atoms with van der Waals surface area (Å²) in [6, 6.07) is 14.6. The van der Waals surface area contributed by atoms with Gasteiger partial charge in [0.2, 0.25) is 21.8 Å². The van der Waals surface area contributed by atoms with Crippen LogP contribution in [0.4, 0.5) is 5.69 Å². The third-order valence-electron chi connectivity index (χ3n) is 5.48. The molecule has 1 aliphatic rings. The molecule has 2 aromatic rings. The maximum atomic E-state index is 13.4. The van der Waals surface area contributed by atoms with Gasteiger partial charge in [-0.25, -0.2) is 8.42 Å². The van der Waals surface area contributed by atoms with Crippen LogP contribution in [0.5, 0.6) is 5.75 Å². The predicted octanol–water partition coefficient (Wildman–Crippen LogP) is 2.08. The fourth-order valence-electron chi connectivity index (χ4n) is 3.74. The van der Waals surface area contributed by atoms with E-state index in [-0.39, 0.29) is 19.6 Å². The van der Waals surface area contributed by atoms with Crippen LogP contribution in [0.2, 0.25) is 0 Å². The summed E-state index contributed by atoms with van der Waals surface area (Å²) in [6.07, 6.45) is 1.04. The van der Waals surface area contributed by atoms with Gasteiger partial charge in [0, 0.05) is 18.8 Å². The number of hydrogen-bond donors (Lipinski definition) is 1. The Bertz CT molecular complexity index is 1080. The molecular weight excluding hydrogens is 430 g/mol. The Morgan fingerprint density at radius 1 is 1.12 bits per heavy atom. The summed E-state index contributed by atoms with van der Waals surface area (Å²) >= 11 is 0. The first-order valence-electron chi connectivity index (χ1n) is 10.4. The summed E-state index contributed by atoms with van der Waals surface area (Å²) in [4.78, 5) is 27.9. The number of hydrogen-bond acceptors (Lipinski definition) is 5. The first-order valence-corrected chi connectivity index (χ1v) is 12.2. The van der Waals surface area contributed by atoms with Crippen molar-refractivity contribution >= 4 is 27.5 Å². The fraction of sp³-hybridized carbons (Fsp3) is 0.391. The van der Waals surface area contributed by atoms with Crippen LogP contribution in [0.1, 0.15) is 25.0 Å². The SMILES string of the molecule is CCOc1ccc(N2C(=O)CN(S(C)(=O)=O)C[C@@]2(C)C(=O)NCc2ccc(C)cc2)cc1. The summed E-state index contributed by atoms with van der Waals surface area (Å²) < 4.78 is 30.9. The Labute approximate surface area is 189 Å². The number of amides is 2. The molecular formula is C23H29N3O5S. The average molecular weight is 460 g/mol. The number of carbonyl (C=O) groups is 2. The zero-order valence-corrected chi connectivity index (χ0v) is 19.6. The Hall–Kier alpha value is -2.91. The van der Waals surface area contributed by atoms with Crippen LogP contribution in [0.3, 0.4) is 0 Å². The molecule has 0 aliphatic carbocycles. The van der Waals surface area contributed by atoms with Crippen LogP contribution in [0, 0.1) is 6.92 Å². The van der Waals surface area contributed by atoms with E-state index >= 15 is 0 Å². The second-order valence-corrected chi connectivity index (χ2v) is 10.1. The van der Waals surface area contributed by atoms with E-state index in [1.807, 2.05) is 38.1 Å². The van der Waals surface area contributed by atoms with Gasteiger partial charge in [-0.15, -0.1) is 0 Å². The lowest BCUT2D eigenvalue weighted by Gasteiger charge is -2.46. The lowest BCUT2D eigenvalue weighted by Crippen LogP contribution is -2.70. The summed E-state index contributed by atoms with van der Waals surface area (Å²) in [5.41, 5.74) is 1.08. The highest BCUT2D eigenvalue weighted by molar-refractivity contribution is 7.88. The number of aryl methyl sites for hydroxylation is 1. The number of sulfonamides is 1. The Kier molecular flexibility index (Phi) is 6.90. The molecule has 1 saturated heterocycles. The summed E-state index contributed by atoms with van der Waals surface area (Å²) in [6.45, 7) is 5.73. The summed E-state index contributed by atoms with van der Waals surface area (Å²) in [7, 11) is -3.67. The molecule has 0 aromatic heterocycles. The number of piperazine rings is 1. The van der Waals surface area contributed by atoms with E-state index in [0.29, 0.717) is 18.0 Å². The second-order valence-electron chi connectivity index (χ2n) is 8.13. The molecule has 1 fully saturated rings. The average Bonchev–Trinajstić information content (AvgIpc) is 2.73. The number of benzene rings is 2. The highest BCUT2D eigenvalue weighted by Gasteiger charge is 2.50. The van der Waals surface area contributed by atoms with Gasteiger partial charge < -0.3 is 10.1 Å². The lowest BCUT2D eigenvalue weighted by atomic mass is 9.94. The van der Waals surface area contributed by atoms with E-state index in [2.05, 4.69) is 5.32 Å². The summed E-state index contributed by atoms with van der Waals surface area (Å²) in [5.74, 6) is -0.267. The van der Waals surface area contributed by atoms with Crippen LogP contribution in [0.15, 0.2) is 48.5 Å². The molecule has 0 unspecified atom stereocenters. The predicted molar refractivity (Wildman–Crippen MR) is 123 cm³/mol. The molecule has 1 heterocycles. The molecule has 2 aromatic carbocycles. The third-order valence-corrected chi connectivity index (χ3v) is 6.67. The zero-order chi connectivity index (χ0) is 23.5. The maximum absolute atomic E-state index is 13.4. The third kappa shape index (κ3) is 5.11. The van der Waals surface area contributed by atoms with Gasteiger partial charge in [-0.2, -0.15) is 4.31 Å². The van der Waals surface area contributed by atoms with Gasteiger partial charge in [-0.05, 0) is 50.6 Å². The maximum Gasteiger partial charge on any atom is 0.247 e. The van der Waals surface area contributed by atoms with E-state index in [1.165, 1.54) is 4.90 Å². The van der Waals surface area contributed by atoms with Gasteiger partial charge in [-0.1, -0.05) is 29.8 Å². The Balaban J connectivity index is 1.92. The largest absolute Gasteiger partial charge is 0.494 e. The molecule has 1 aliphatic heterocycles.